The lowest BCUT2D eigenvalue weighted by Gasteiger charge is -2.12. The van der Waals surface area contributed by atoms with Crippen LogP contribution in [0.3, 0.4) is 0 Å². The SMILES string of the molecule is COc1ccc(Oc2ccc(Oc3ccc(C(=O)c4ccc(C)c(S(=O)(=O)O)c4)cc3S(=O)(=O)O)cc2)cc1.CS(=O)(=O)O.CS(=O)(=O)O. The Morgan fingerprint density at radius 3 is 1.27 bits per heavy atom. The van der Waals surface area contributed by atoms with E-state index in [2.05, 4.69) is 0 Å². The molecule has 4 rings (SSSR count). The van der Waals surface area contributed by atoms with Crippen LogP contribution in [0.4, 0.5) is 0 Å². The summed E-state index contributed by atoms with van der Waals surface area (Å²) in [6, 6.07) is 20.2. The maximum absolute atomic E-state index is 13.0. The average Bonchev–Trinajstić information content (AvgIpc) is 2.96. The fourth-order valence-corrected chi connectivity index (χ4v) is 4.99. The van der Waals surface area contributed by atoms with Gasteiger partial charge in [0.15, 0.2) is 5.78 Å². The molecule has 4 aromatic carbocycles. The van der Waals surface area contributed by atoms with Crippen molar-refractivity contribution in [3.63, 3.8) is 0 Å². The van der Waals surface area contributed by atoms with E-state index in [1.807, 2.05) is 0 Å². The Labute approximate surface area is 282 Å². The quantitative estimate of drug-likeness (QED) is 0.137. The fourth-order valence-electron chi connectivity index (χ4n) is 3.60. The van der Waals surface area contributed by atoms with Gasteiger partial charge in [-0.15, -0.1) is 0 Å². The van der Waals surface area contributed by atoms with Crippen molar-refractivity contribution in [3.05, 3.63) is 102 Å². The maximum Gasteiger partial charge on any atom is 0.298 e. The number of carbonyl (C=O) groups excluding carboxylic acids is 1. The number of methoxy groups -OCH3 is 1. The molecule has 0 atom stereocenters. The number of ether oxygens (including phenoxy) is 3. The number of ketones is 1. The molecule has 0 fully saturated rings. The minimum absolute atomic E-state index is 0.115. The molecular formula is C29H30O16S4. The van der Waals surface area contributed by atoms with Crippen molar-refractivity contribution in [2.24, 2.45) is 0 Å². The van der Waals surface area contributed by atoms with Gasteiger partial charge in [0, 0.05) is 11.1 Å². The van der Waals surface area contributed by atoms with Crippen LogP contribution in [-0.4, -0.2) is 77.3 Å². The van der Waals surface area contributed by atoms with Crippen LogP contribution in [0.25, 0.3) is 0 Å². The number of hydrogen-bond acceptors (Lipinski definition) is 12. The molecular weight excluding hydrogens is 733 g/mol. The number of hydrogen-bond donors (Lipinski definition) is 4. The van der Waals surface area contributed by atoms with E-state index in [0.717, 1.165) is 12.1 Å². The van der Waals surface area contributed by atoms with Crippen LogP contribution in [0.15, 0.2) is 94.7 Å². The van der Waals surface area contributed by atoms with E-state index in [-0.39, 0.29) is 28.2 Å². The molecule has 0 aromatic heterocycles. The van der Waals surface area contributed by atoms with Gasteiger partial charge in [-0.1, -0.05) is 12.1 Å². The molecule has 0 aliphatic heterocycles. The van der Waals surface area contributed by atoms with Gasteiger partial charge in [-0.2, -0.15) is 33.7 Å². The van der Waals surface area contributed by atoms with Crippen molar-refractivity contribution >= 4 is 46.3 Å². The molecule has 49 heavy (non-hydrogen) atoms. The number of benzene rings is 4. The van der Waals surface area contributed by atoms with Crippen molar-refractivity contribution in [1.82, 2.24) is 0 Å². The van der Waals surface area contributed by atoms with Gasteiger partial charge in [-0.25, -0.2) is 0 Å². The topological polar surface area (TPSA) is 262 Å². The van der Waals surface area contributed by atoms with Crippen molar-refractivity contribution in [2.75, 3.05) is 19.6 Å². The molecule has 0 spiro atoms. The summed E-state index contributed by atoms with van der Waals surface area (Å²) in [5, 5.41) is 0. The van der Waals surface area contributed by atoms with Gasteiger partial charge in [0.2, 0.25) is 0 Å². The first-order valence-corrected chi connectivity index (χ1v) is 19.6. The molecule has 266 valence electrons. The minimum atomic E-state index is -4.83. The van der Waals surface area contributed by atoms with E-state index in [4.69, 9.17) is 23.3 Å². The van der Waals surface area contributed by atoms with Gasteiger partial charge >= 0.3 is 0 Å². The van der Waals surface area contributed by atoms with Crippen LogP contribution in [0.2, 0.25) is 0 Å². The molecule has 0 aliphatic carbocycles. The Bertz CT molecular complexity index is 2180. The highest BCUT2D eigenvalue weighted by atomic mass is 32.2. The Kier molecular flexibility index (Phi) is 13.6. The van der Waals surface area contributed by atoms with E-state index < -0.39 is 56.0 Å². The van der Waals surface area contributed by atoms with E-state index >= 15 is 0 Å². The van der Waals surface area contributed by atoms with E-state index in [0.29, 0.717) is 29.8 Å². The van der Waals surface area contributed by atoms with Crippen LogP contribution in [0, 0.1) is 6.92 Å². The van der Waals surface area contributed by atoms with E-state index in [9.17, 15) is 47.6 Å². The normalized spacial score (nSPS) is 11.6. The van der Waals surface area contributed by atoms with Crippen molar-refractivity contribution in [1.29, 1.82) is 0 Å². The van der Waals surface area contributed by atoms with Crippen LogP contribution in [0.5, 0.6) is 28.7 Å². The first-order valence-electron chi connectivity index (χ1n) is 13.0. The first kappa shape index (κ1) is 40.8. The van der Waals surface area contributed by atoms with Crippen molar-refractivity contribution in [2.45, 2.75) is 16.7 Å². The molecule has 4 N–H and O–H groups in total. The van der Waals surface area contributed by atoms with E-state index in [1.165, 1.54) is 43.3 Å². The largest absolute Gasteiger partial charge is 0.497 e. The molecule has 0 radical (unpaired) electrons. The van der Waals surface area contributed by atoms with Gasteiger partial charge < -0.3 is 14.2 Å². The van der Waals surface area contributed by atoms with Crippen molar-refractivity contribution in [3.8, 4) is 28.7 Å². The lowest BCUT2D eigenvalue weighted by Crippen LogP contribution is -2.08. The third-order valence-electron chi connectivity index (χ3n) is 5.56. The number of rotatable bonds is 9. The predicted octanol–water partition coefficient (Wildman–Crippen LogP) is 4.32. The van der Waals surface area contributed by atoms with E-state index in [1.54, 1.807) is 43.5 Å². The molecule has 0 aliphatic rings. The summed E-state index contributed by atoms with van der Waals surface area (Å²) >= 11 is 0. The second kappa shape index (κ2) is 16.3. The molecule has 0 bridgehead atoms. The minimum Gasteiger partial charge on any atom is -0.497 e. The van der Waals surface area contributed by atoms with Gasteiger partial charge in [-0.05, 0) is 85.3 Å². The molecule has 0 saturated carbocycles. The molecule has 16 nitrogen and oxygen atoms in total. The number of carbonyl (C=O) groups is 1. The summed E-state index contributed by atoms with van der Waals surface area (Å²) in [6.45, 7) is 1.44. The van der Waals surface area contributed by atoms with Crippen LogP contribution >= 0.6 is 0 Å². The zero-order valence-electron chi connectivity index (χ0n) is 25.9. The monoisotopic (exact) mass is 762 g/mol. The third-order valence-corrected chi connectivity index (χ3v) is 7.43. The highest BCUT2D eigenvalue weighted by Gasteiger charge is 2.22. The molecule has 20 heteroatoms. The van der Waals surface area contributed by atoms with Crippen LogP contribution < -0.4 is 14.2 Å². The lowest BCUT2D eigenvalue weighted by molar-refractivity contribution is 0.103. The van der Waals surface area contributed by atoms with Crippen LogP contribution in [0.1, 0.15) is 21.5 Å². The second-order valence-corrected chi connectivity index (χ2v) is 15.5. The standard InChI is InChI=1S/C27H22O10S2.2CH4O3S/c1-17-3-4-18(15-25(17)38(29,30)31)27(28)19-5-14-24(26(16-19)39(32,33)34)37-23-12-10-22(11-13-23)36-21-8-6-20(35-2)7-9-21;2*1-5(2,3)4/h3-16H,1-2H3,(H,29,30,31)(H,32,33,34);2*1H3,(H,2,3,4). The smallest absolute Gasteiger partial charge is 0.298 e. The fraction of sp³-hybridized carbons (Fsp3) is 0.138. The third kappa shape index (κ3) is 14.7. The lowest BCUT2D eigenvalue weighted by atomic mass is 10.0. The molecule has 0 heterocycles. The molecule has 0 unspecified atom stereocenters. The predicted molar refractivity (Wildman–Crippen MR) is 175 cm³/mol. The maximum atomic E-state index is 13.0. The molecule has 0 saturated heterocycles. The van der Waals surface area contributed by atoms with Crippen LogP contribution in [-0.2, 0) is 40.5 Å². The summed E-state index contributed by atoms with van der Waals surface area (Å²) in [7, 11) is -15.2. The molecule has 4 aromatic rings. The summed E-state index contributed by atoms with van der Waals surface area (Å²) in [4.78, 5) is 11.9. The van der Waals surface area contributed by atoms with Gasteiger partial charge in [-0.3, -0.25) is 23.0 Å². The highest BCUT2D eigenvalue weighted by Crippen LogP contribution is 2.32. The zero-order valence-corrected chi connectivity index (χ0v) is 29.2. The molecule has 0 amide bonds. The average molecular weight is 763 g/mol. The Morgan fingerprint density at radius 2 is 0.878 bits per heavy atom. The summed E-state index contributed by atoms with van der Waals surface area (Å²) in [6.07, 6.45) is 1.43. The van der Waals surface area contributed by atoms with Crippen molar-refractivity contribution < 1.29 is 70.9 Å². The first-order chi connectivity index (χ1) is 22.3. The van der Waals surface area contributed by atoms with Gasteiger partial charge in [0.05, 0.1) is 24.5 Å². The summed E-state index contributed by atoms with van der Waals surface area (Å²) in [5.41, 5.74) is -0.0594. The van der Waals surface area contributed by atoms with Gasteiger partial charge in [0.1, 0.15) is 33.6 Å². The Hall–Kier alpha value is -4.41. The summed E-state index contributed by atoms with van der Waals surface area (Å²) in [5.74, 6) is 0.950. The Balaban J connectivity index is 0.000000730. The second-order valence-electron chi connectivity index (χ2n) is 9.74. The summed E-state index contributed by atoms with van der Waals surface area (Å²) < 4.78 is 135. The van der Waals surface area contributed by atoms with Gasteiger partial charge in [0.25, 0.3) is 40.5 Å². The number of aryl methyl sites for hydroxylation is 1. The highest BCUT2D eigenvalue weighted by molar-refractivity contribution is 7.86. The Morgan fingerprint density at radius 1 is 0.531 bits per heavy atom. The zero-order chi connectivity index (χ0) is 37.4.